The van der Waals surface area contributed by atoms with Gasteiger partial charge in [-0.1, -0.05) is 19.1 Å². The number of pyridine rings is 1. The molecule has 1 saturated heterocycles. The van der Waals surface area contributed by atoms with Gasteiger partial charge in [0, 0.05) is 19.4 Å². The van der Waals surface area contributed by atoms with E-state index in [-0.39, 0.29) is 31.0 Å². The van der Waals surface area contributed by atoms with Gasteiger partial charge in [-0.2, -0.15) is 0 Å². The van der Waals surface area contributed by atoms with Gasteiger partial charge in [0.05, 0.1) is 38.8 Å². The lowest BCUT2D eigenvalue weighted by atomic mass is 9.98. The van der Waals surface area contributed by atoms with Crippen LogP contribution in [0.3, 0.4) is 0 Å². The van der Waals surface area contributed by atoms with Crippen molar-refractivity contribution in [1.29, 1.82) is 0 Å². The second-order valence-corrected chi connectivity index (χ2v) is 8.55. The average Bonchev–Trinajstić information content (AvgIpc) is 3.16. The van der Waals surface area contributed by atoms with Gasteiger partial charge in [-0.3, -0.25) is 4.79 Å². The van der Waals surface area contributed by atoms with Gasteiger partial charge >= 0.3 is 5.97 Å². The SMILES string of the molecule is COC(=O)C[C@@H](C)c1ccc(OC2CCN(c3ccc(OCC4CC4(F)F)cn3)C2)cc1. The molecule has 172 valence electrons. The average molecular weight is 446 g/mol. The van der Waals surface area contributed by atoms with Crippen molar-refractivity contribution in [2.24, 2.45) is 5.92 Å². The fourth-order valence-electron chi connectivity index (χ4n) is 3.84. The van der Waals surface area contributed by atoms with E-state index in [1.165, 1.54) is 7.11 Å². The summed E-state index contributed by atoms with van der Waals surface area (Å²) in [6.07, 6.45) is 2.75. The number of alkyl halides is 2. The van der Waals surface area contributed by atoms with Crippen molar-refractivity contribution in [1.82, 2.24) is 4.98 Å². The van der Waals surface area contributed by atoms with Crippen molar-refractivity contribution in [2.45, 2.75) is 44.1 Å². The van der Waals surface area contributed by atoms with Gasteiger partial charge < -0.3 is 19.1 Å². The van der Waals surface area contributed by atoms with Crippen molar-refractivity contribution < 1.29 is 27.8 Å². The van der Waals surface area contributed by atoms with Gasteiger partial charge in [-0.05, 0) is 35.7 Å². The first-order chi connectivity index (χ1) is 15.3. The number of halogens is 2. The Bertz CT molecular complexity index is 921. The van der Waals surface area contributed by atoms with E-state index in [2.05, 4.69) is 9.88 Å². The maximum absolute atomic E-state index is 12.9. The molecule has 0 amide bonds. The third kappa shape index (κ3) is 5.47. The highest BCUT2D eigenvalue weighted by atomic mass is 19.3. The third-order valence-electron chi connectivity index (χ3n) is 6.05. The predicted octanol–water partition coefficient (Wildman–Crippen LogP) is 4.44. The second-order valence-electron chi connectivity index (χ2n) is 8.55. The first-order valence-corrected chi connectivity index (χ1v) is 10.9. The van der Waals surface area contributed by atoms with Crippen molar-refractivity contribution in [2.75, 3.05) is 31.7 Å². The summed E-state index contributed by atoms with van der Waals surface area (Å²) in [6.45, 7) is 3.54. The van der Waals surface area contributed by atoms with E-state index in [1.54, 1.807) is 12.3 Å². The van der Waals surface area contributed by atoms with Crippen LogP contribution in [0.4, 0.5) is 14.6 Å². The number of esters is 1. The molecule has 1 aromatic carbocycles. The van der Waals surface area contributed by atoms with Crippen LogP contribution in [0.2, 0.25) is 0 Å². The Morgan fingerprint density at radius 2 is 1.94 bits per heavy atom. The van der Waals surface area contributed by atoms with Gasteiger partial charge in [0.1, 0.15) is 23.4 Å². The van der Waals surface area contributed by atoms with Crippen molar-refractivity contribution in [3.05, 3.63) is 48.2 Å². The summed E-state index contributed by atoms with van der Waals surface area (Å²) in [6, 6.07) is 11.4. The van der Waals surface area contributed by atoms with Gasteiger partial charge in [-0.25, -0.2) is 13.8 Å². The molecule has 0 N–H and O–H groups in total. The Hall–Kier alpha value is -2.90. The Balaban J connectivity index is 1.25. The van der Waals surface area contributed by atoms with Crippen molar-refractivity contribution in [3.63, 3.8) is 0 Å². The Morgan fingerprint density at radius 3 is 2.56 bits per heavy atom. The molecule has 0 bridgehead atoms. The number of carbonyl (C=O) groups is 1. The topological polar surface area (TPSA) is 60.9 Å². The fourth-order valence-corrected chi connectivity index (χ4v) is 3.84. The highest BCUT2D eigenvalue weighted by Crippen LogP contribution is 2.48. The van der Waals surface area contributed by atoms with Crippen LogP contribution in [0.15, 0.2) is 42.6 Å². The summed E-state index contributed by atoms with van der Waals surface area (Å²) in [5, 5.41) is 0. The summed E-state index contributed by atoms with van der Waals surface area (Å²) in [5.41, 5.74) is 1.06. The lowest BCUT2D eigenvalue weighted by molar-refractivity contribution is -0.140. The molecule has 0 spiro atoms. The maximum Gasteiger partial charge on any atom is 0.306 e. The van der Waals surface area contributed by atoms with E-state index < -0.39 is 11.8 Å². The van der Waals surface area contributed by atoms with Crippen molar-refractivity contribution >= 4 is 11.8 Å². The summed E-state index contributed by atoms with van der Waals surface area (Å²) >= 11 is 0. The molecule has 2 heterocycles. The number of methoxy groups -OCH3 is 1. The predicted molar refractivity (Wildman–Crippen MR) is 116 cm³/mol. The minimum Gasteiger partial charge on any atom is -0.491 e. The van der Waals surface area contributed by atoms with Crippen LogP contribution in [0, 0.1) is 5.92 Å². The fraction of sp³-hybridized carbons (Fsp3) is 0.500. The molecular formula is C24H28F2N2O4. The summed E-state index contributed by atoms with van der Waals surface area (Å²) in [4.78, 5) is 18.0. The monoisotopic (exact) mass is 446 g/mol. The normalized spacial score (nSPS) is 22.3. The molecule has 8 heteroatoms. The minimum atomic E-state index is -2.57. The molecule has 2 unspecified atom stereocenters. The number of hydrogen-bond donors (Lipinski definition) is 0. The second kappa shape index (κ2) is 9.30. The minimum absolute atomic E-state index is 0.0217. The van der Waals surface area contributed by atoms with E-state index in [0.717, 1.165) is 30.1 Å². The number of rotatable bonds is 9. The molecule has 1 aromatic heterocycles. The Morgan fingerprint density at radius 1 is 1.22 bits per heavy atom. The third-order valence-corrected chi connectivity index (χ3v) is 6.05. The molecule has 1 saturated carbocycles. The van der Waals surface area contributed by atoms with Gasteiger partial charge in [0.25, 0.3) is 5.92 Å². The Kier molecular flexibility index (Phi) is 6.48. The summed E-state index contributed by atoms with van der Waals surface area (Å²) in [7, 11) is 1.40. The lowest BCUT2D eigenvalue weighted by Crippen LogP contribution is -2.25. The summed E-state index contributed by atoms with van der Waals surface area (Å²) < 4.78 is 42.2. The standard InChI is InChI=1S/C24H28F2N2O4/c1-16(11-23(29)30-2)17-3-5-19(6-4-17)32-21-9-10-28(14-21)22-8-7-20(13-27-22)31-15-18-12-24(18,25)26/h3-8,13,16,18,21H,9-12,14-15H2,1-2H3/t16-,18?,21?/m1/s1. The number of carbonyl (C=O) groups excluding carboxylic acids is 1. The summed E-state index contributed by atoms with van der Waals surface area (Å²) in [5.74, 6) is -1.28. The first kappa shape index (κ1) is 22.3. The zero-order valence-electron chi connectivity index (χ0n) is 18.3. The van der Waals surface area contributed by atoms with Crippen LogP contribution < -0.4 is 14.4 Å². The number of aromatic nitrogens is 1. The molecule has 0 radical (unpaired) electrons. The largest absolute Gasteiger partial charge is 0.491 e. The zero-order valence-corrected chi connectivity index (χ0v) is 18.3. The molecule has 6 nitrogen and oxygen atoms in total. The van der Waals surface area contributed by atoms with Gasteiger partial charge in [0.2, 0.25) is 0 Å². The molecule has 1 aliphatic carbocycles. The van der Waals surface area contributed by atoms with E-state index in [4.69, 9.17) is 14.2 Å². The number of anilines is 1. The van der Waals surface area contributed by atoms with E-state index in [0.29, 0.717) is 18.7 Å². The Labute approximate surface area is 186 Å². The van der Waals surface area contributed by atoms with Crippen LogP contribution in [-0.2, 0) is 9.53 Å². The van der Waals surface area contributed by atoms with E-state index in [1.807, 2.05) is 37.3 Å². The molecule has 3 atom stereocenters. The van der Waals surface area contributed by atoms with Crippen LogP contribution in [0.25, 0.3) is 0 Å². The number of hydrogen-bond acceptors (Lipinski definition) is 6. The smallest absolute Gasteiger partial charge is 0.306 e. The molecule has 2 fully saturated rings. The van der Waals surface area contributed by atoms with Gasteiger partial charge in [-0.15, -0.1) is 0 Å². The number of nitrogens with zero attached hydrogens (tertiary/aromatic N) is 2. The van der Waals surface area contributed by atoms with Crippen LogP contribution >= 0.6 is 0 Å². The molecule has 2 aromatic rings. The van der Waals surface area contributed by atoms with Crippen LogP contribution in [0.1, 0.15) is 37.7 Å². The first-order valence-electron chi connectivity index (χ1n) is 10.9. The highest BCUT2D eigenvalue weighted by Gasteiger charge is 2.57. The van der Waals surface area contributed by atoms with Crippen LogP contribution in [-0.4, -0.2) is 49.8 Å². The number of benzene rings is 1. The zero-order chi connectivity index (χ0) is 22.7. The van der Waals surface area contributed by atoms with Gasteiger partial charge in [0.15, 0.2) is 0 Å². The molecule has 32 heavy (non-hydrogen) atoms. The lowest BCUT2D eigenvalue weighted by Gasteiger charge is -2.19. The quantitative estimate of drug-likeness (QED) is 0.531. The van der Waals surface area contributed by atoms with E-state index >= 15 is 0 Å². The van der Waals surface area contributed by atoms with Crippen molar-refractivity contribution in [3.8, 4) is 11.5 Å². The molecule has 2 aliphatic rings. The maximum atomic E-state index is 12.9. The van der Waals surface area contributed by atoms with E-state index in [9.17, 15) is 13.6 Å². The molecular weight excluding hydrogens is 418 g/mol. The molecule has 4 rings (SSSR count). The number of ether oxygens (including phenoxy) is 3. The highest BCUT2D eigenvalue weighted by molar-refractivity contribution is 5.70. The molecule has 1 aliphatic heterocycles. The van der Waals surface area contributed by atoms with Crippen LogP contribution in [0.5, 0.6) is 11.5 Å².